The van der Waals surface area contributed by atoms with Crippen molar-refractivity contribution in [1.29, 1.82) is 0 Å². The third-order valence-electron chi connectivity index (χ3n) is 2.60. The zero-order valence-corrected chi connectivity index (χ0v) is 12.4. The number of nitrogens with one attached hydrogen (secondary N) is 1. The maximum Gasteiger partial charge on any atom is 0.246 e. The molecule has 1 amide bonds. The first-order chi connectivity index (χ1) is 8.54. The van der Waals surface area contributed by atoms with Crippen molar-refractivity contribution in [3.8, 4) is 0 Å². The SMILES string of the molecule is CCCCOCC(=O)NC(C)c1nc(C)sc1C. The monoisotopic (exact) mass is 270 g/mol. The van der Waals surface area contributed by atoms with E-state index in [9.17, 15) is 4.79 Å². The van der Waals surface area contributed by atoms with E-state index in [0.717, 1.165) is 28.4 Å². The Morgan fingerprint density at radius 2 is 2.22 bits per heavy atom. The number of thiazole rings is 1. The van der Waals surface area contributed by atoms with Crippen molar-refractivity contribution in [2.45, 2.75) is 46.6 Å². The number of rotatable bonds is 7. The molecule has 4 nitrogen and oxygen atoms in total. The number of aryl methyl sites for hydroxylation is 2. The molecule has 1 aromatic heterocycles. The molecule has 102 valence electrons. The Hall–Kier alpha value is -0.940. The highest BCUT2D eigenvalue weighted by atomic mass is 32.1. The molecule has 0 aliphatic rings. The second-order valence-electron chi connectivity index (χ2n) is 4.37. The van der Waals surface area contributed by atoms with Crippen LogP contribution in [0, 0.1) is 13.8 Å². The molecule has 5 heteroatoms. The average molecular weight is 270 g/mol. The van der Waals surface area contributed by atoms with Crippen molar-refractivity contribution in [2.24, 2.45) is 0 Å². The van der Waals surface area contributed by atoms with E-state index in [1.165, 1.54) is 0 Å². The smallest absolute Gasteiger partial charge is 0.246 e. The predicted molar refractivity (Wildman–Crippen MR) is 73.9 cm³/mol. The van der Waals surface area contributed by atoms with Crippen LogP contribution >= 0.6 is 11.3 Å². The maximum absolute atomic E-state index is 11.6. The standard InChI is InChI=1S/C13H22N2O2S/c1-5-6-7-17-8-12(16)14-9(2)13-10(3)18-11(4)15-13/h9H,5-8H2,1-4H3,(H,14,16). The molecule has 0 aliphatic carbocycles. The molecule has 0 aliphatic heterocycles. The summed E-state index contributed by atoms with van der Waals surface area (Å²) >= 11 is 1.66. The summed E-state index contributed by atoms with van der Waals surface area (Å²) in [6, 6.07) is -0.0581. The topological polar surface area (TPSA) is 51.2 Å². The molecule has 1 N–H and O–H groups in total. The van der Waals surface area contributed by atoms with Gasteiger partial charge in [-0.1, -0.05) is 13.3 Å². The van der Waals surface area contributed by atoms with E-state index in [0.29, 0.717) is 6.61 Å². The van der Waals surface area contributed by atoms with Crippen molar-refractivity contribution in [1.82, 2.24) is 10.3 Å². The molecule has 0 bridgehead atoms. The first kappa shape index (κ1) is 15.1. The first-order valence-electron chi connectivity index (χ1n) is 6.35. The van der Waals surface area contributed by atoms with Gasteiger partial charge >= 0.3 is 0 Å². The number of hydrogen-bond donors (Lipinski definition) is 1. The fourth-order valence-corrected chi connectivity index (χ4v) is 2.62. The highest BCUT2D eigenvalue weighted by Gasteiger charge is 2.15. The second kappa shape index (κ2) is 7.48. The molecule has 1 aromatic rings. The van der Waals surface area contributed by atoms with E-state index in [-0.39, 0.29) is 18.6 Å². The van der Waals surface area contributed by atoms with Gasteiger partial charge in [-0.3, -0.25) is 4.79 Å². The minimum atomic E-state index is -0.0799. The van der Waals surface area contributed by atoms with Crippen LogP contribution in [0.25, 0.3) is 0 Å². The fraction of sp³-hybridized carbons (Fsp3) is 0.692. The Labute approximate surface area is 113 Å². The van der Waals surface area contributed by atoms with Gasteiger partial charge in [0.25, 0.3) is 0 Å². The Kier molecular flexibility index (Phi) is 6.29. The Morgan fingerprint density at radius 3 is 2.78 bits per heavy atom. The normalized spacial score (nSPS) is 12.4. The largest absolute Gasteiger partial charge is 0.372 e. The highest BCUT2D eigenvalue weighted by molar-refractivity contribution is 7.11. The van der Waals surface area contributed by atoms with Crippen molar-refractivity contribution < 1.29 is 9.53 Å². The van der Waals surface area contributed by atoms with Gasteiger partial charge in [-0.15, -0.1) is 11.3 Å². The lowest BCUT2D eigenvalue weighted by Crippen LogP contribution is -2.30. The van der Waals surface area contributed by atoms with E-state index in [2.05, 4.69) is 17.2 Å². The van der Waals surface area contributed by atoms with E-state index in [1.54, 1.807) is 11.3 Å². The number of nitrogens with zero attached hydrogens (tertiary/aromatic N) is 1. The number of carbonyl (C=O) groups excluding carboxylic acids is 1. The molecule has 18 heavy (non-hydrogen) atoms. The van der Waals surface area contributed by atoms with Gasteiger partial charge in [0.1, 0.15) is 6.61 Å². The molecule has 1 rings (SSSR count). The van der Waals surface area contributed by atoms with Crippen molar-refractivity contribution in [3.05, 3.63) is 15.6 Å². The molecular weight excluding hydrogens is 248 g/mol. The van der Waals surface area contributed by atoms with Crippen LogP contribution in [0.4, 0.5) is 0 Å². The third-order valence-corrected chi connectivity index (χ3v) is 3.50. The van der Waals surface area contributed by atoms with Crippen LogP contribution in [0.1, 0.15) is 48.3 Å². The Morgan fingerprint density at radius 1 is 1.50 bits per heavy atom. The summed E-state index contributed by atoms with van der Waals surface area (Å²) in [5, 5.41) is 3.94. The number of aromatic nitrogens is 1. The Bertz CT molecular complexity index is 390. The van der Waals surface area contributed by atoms with Gasteiger partial charge in [0.05, 0.1) is 16.7 Å². The highest BCUT2D eigenvalue weighted by Crippen LogP contribution is 2.22. The summed E-state index contributed by atoms with van der Waals surface area (Å²) < 4.78 is 5.28. The molecule has 0 saturated heterocycles. The van der Waals surface area contributed by atoms with Gasteiger partial charge in [0.2, 0.25) is 5.91 Å². The zero-order chi connectivity index (χ0) is 13.5. The summed E-state index contributed by atoms with van der Waals surface area (Å²) in [4.78, 5) is 17.2. The van der Waals surface area contributed by atoms with Crippen molar-refractivity contribution >= 4 is 17.2 Å². The number of ether oxygens (including phenoxy) is 1. The summed E-state index contributed by atoms with van der Waals surface area (Å²) in [5.74, 6) is -0.0799. The molecular formula is C13H22N2O2S. The quantitative estimate of drug-likeness (QED) is 0.775. The van der Waals surface area contributed by atoms with Crippen molar-refractivity contribution in [3.63, 3.8) is 0 Å². The molecule has 1 atom stereocenters. The fourth-order valence-electron chi connectivity index (χ4n) is 1.71. The second-order valence-corrected chi connectivity index (χ2v) is 5.78. The van der Waals surface area contributed by atoms with Gasteiger partial charge in [0, 0.05) is 11.5 Å². The minimum Gasteiger partial charge on any atom is -0.372 e. The van der Waals surface area contributed by atoms with Gasteiger partial charge in [-0.25, -0.2) is 4.98 Å². The van der Waals surface area contributed by atoms with Gasteiger partial charge in [-0.2, -0.15) is 0 Å². The van der Waals surface area contributed by atoms with E-state index >= 15 is 0 Å². The van der Waals surface area contributed by atoms with E-state index < -0.39 is 0 Å². The number of carbonyl (C=O) groups is 1. The summed E-state index contributed by atoms with van der Waals surface area (Å²) in [6.45, 7) is 8.83. The van der Waals surface area contributed by atoms with Crippen LogP contribution in [-0.2, 0) is 9.53 Å². The van der Waals surface area contributed by atoms with Gasteiger partial charge in [0.15, 0.2) is 0 Å². The summed E-state index contributed by atoms with van der Waals surface area (Å²) in [5.41, 5.74) is 0.958. The molecule has 0 aromatic carbocycles. The predicted octanol–water partition coefficient (Wildman–Crippen LogP) is 2.75. The van der Waals surface area contributed by atoms with E-state index in [4.69, 9.17) is 4.74 Å². The lowest BCUT2D eigenvalue weighted by Gasteiger charge is -2.12. The lowest BCUT2D eigenvalue weighted by molar-refractivity contribution is -0.126. The zero-order valence-electron chi connectivity index (χ0n) is 11.6. The molecule has 0 saturated carbocycles. The molecule has 1 unspecified atom stereocenters. The number of hydrogen-bond acceptors (Lipinski definition) is 4. The van der Waals surface area contributed by atoms with Crippen LogP contribution in [-0.4, -0.2) is 24.1 Å². The molecule has 0 spiro atoms. The van der Waals surface area contributed by atoms with E-state index in [1.807, 2.05) is 20.8 Å². The first-order valence-corrected chi connectivity index (χ1v) is 7.17. The van der Waals surface area contributed by atoms with Gasteiger partial charge < -0.3 is 10.1 Å². The van der Waals surface area contributed by atoms with Crippen LogP contribution in [0.15, 0.2) is 0 Å². The third kappa shape index (κ3) is 4.74. The molecule has 0 fully saturated rings. The van der Waals surface area contributed by atoms with Crippen LogP contribution in [0.3, 0.4) is 0 Å². The summed E-state index contributed by atoms with van der Waals surface area (Å²) in [7, 11) is 0. The molecule has 1 heterocycles. The Balaban J connectivity index is 2.37. The van der Waals surface area contributed by atoms with Crippen molar-refractivity contribution in [2.75, 3.05) is 13.2 Å². The number of unbranched alkanes of at least 4 members (excludes halogenated alkanes) is 1. The van der Waals surface area contributed by atoms with Crippen LogP contribution in [0.5, 0.6) is 0 Å². The van der Waals surface area contributed by atoms with Gasteiger partial charge in [-0.05, 0) is 27.2 Å². The average Bonchev–Trinajstić information content (AvgIpc) is 2.64. The lowest BCUT2D eigenvalue weighted by atomic mass is 10.2. The minimum absolute atomic E-state index is 0.0581. The van der Waals surface area contributed by atoms with Crippen LogP contribution in [0.2, 0.25) is 0 Å². The maximum atomic E-state index is 11.6. The number of amides is 1. The molecule has 0 radical (unpaired) electrons. The summed E-state index contributed by atoms with van der Waals surface area (Å²) in [6.07, 6.45) is 2.07. The van der Waals surface area contributed by atoms with Crippen LogP contribution < -0.4 is 5.32 Å².